The predicted octanol–water partition coefficient (Wildman–Crippen LogP) is 2.73. The van der Waals surface area contributed by atoms with Crippen molar-refractivity contribution in [3.8, 4) is 0 Å². The summed E-state index contributed by atoms with van der Waals surface area (Å²) in [6.07, 6.45) is 0. The van der Waals surface area contributed by atoms with Gasteiger partial charge in [-0.15, -0.1) is 0 Å². The molecule has 0 fully saturated rings. The largest absolute Gasteiger partial charge is 0.390 e. The summed E-state index contributed by atoms with van der Waals surface area (Å²) in [6, 6.07) is 2.74. The third kappa shape index (κ3) is 2.87. The first-order valence-electron chi connectivity index (χ1n) is 4.07. The summed E-state index contributed by atoms with van der Waals surface area (Å²) in [5.41, 5.74) is 5.54. The van der Waals surface area contributed by atoms with Crippen molar-refractivity contribution >= 4 is 27.5 Å². The molecule has 6 heteroatoms. The second-order valence-corrected chi connectivity index (χ2v) is 4.33. The van der Waals surface area contributed by atoms with Crippen molar-refractivity contribution in [1.82, 2.24) is 0 Å². The molecule has 0 aliphatic rings. The van der Waals surface area contributed by atoms with Gasteiger partial charge in [0.15, 0.2) is 0 Å². The number of aliphatic hydroxyl groups excluding tert-OH is 1. The number of halogens is 4. The quantitative estimate of drug-likeness (QED) is 0.901. The van der Waals surface area contributed by atoms with Crippen LogP contribution < -0.4 is 5.73 Å². The Labute approximate surface area is 99.2 Å². The molecular formula is C9H9BrClF2NO. The molecule has 0 bridgehead atoms. The molecule has 0 saturated heterocycles. The standard InChI is InChI=1S/C9H9BrClF2NO/c10-6-3-5(1-2-7(6)11)8(14)9(12,13)4-15/h1-3,8,15H,4,14H2/t8-/m0/s1. The van der Waals surface area contributed by atoms with Crippen LogP contribution >= 0.6 is 27.5 Å². The zero-order chi connectivity index (χ0) is 11.6. The van der Waals surface area contributed by atoms with E-state index in [-0.39, 0.29) is 5.56 Å². The lowest BCUT2D eigenvalue weighted by Crippen LogP contribution is -2.36. The number of rotatable bonds is 3. The first-order valence-corrected chi connectivity index (χ1v) is 5.25. The van der Waals surface area contributed by atoms with E-state index in [4.69, 9.17) is 22.4 Å². The average molecular weight is 301 g/mol. The minimum absolute atomic E-state index is 0.213. The molecule has 3 N–H and O–H groups in total. The van der Waals surface area contributed by atoms with Crippen LogP contribution in [0.3, 0.4) is 0 Å². The molecule has 1 aromatic rings. The van der Waals surface area contributed by atoms with Crippen LogP contribution in [-0.4, -0.2) is 17.6 Å². The highest BCUT2D eigenvalue weighted by Crippen LogP contribution is 2.32. The van der Waals surface area contributed by atoms with E-state index in [0.29, 0.717) is 9.50 Å². The van der Waals surface area contributed by atoms with Gasteiger partial charge in [0, 0.05) is 4.47 Å². The Balaban J connectivity index is 3.02. The van der Waals surface area contributed by atoms with Gasteiger partial charge in [-0.2, -0.15) is 0 Å². The van der Waals surface area contributed by atoms with Crippen molar-refractivity contribution in [2.75, 3.05) is 6.61 Å². The van der Waals surface area contributed by atoms with E-state index in [2.05, 4.69) is 15.9 Å². The molecule has 0 spiro atoms. The number of benzene rings is 1. The van der Waals surface area contributed by atoms with Gasteiger partial charge in [0.25, 0.3) is 5.92 Å². The first kappa shape index (κ1) is 12.8. The van der Waals surface area contributed by atoms with Crippen molar-refractivity contribution < 1.29 is 13.9 Å². The van der Waals surface area contributed by atoms with Crippen LogP contribution in [0.4, 0.5) is 8.78 Å². The Bertz CT molecular complexity index is 362. The lowest BCUT2D eigenvalue weighted by molar-refractivity contribution is -0.0711. The molecule has 0 amide bonds. The average Bonchev–Trinajstić information content (AvgIpc) is 2.21. The molecule has 1 rings (SSSR count). The summed E-state index contributed by atoms with van der Waals surface area (Å²) in [6.45, 7) is -1.28. The lowest BCUT2D eigenvalue weighted by atomic mass is 10.0. The molecule has 0 aliphatic carbocycles. The molecule has 0 saturated carbocycles. The zero-order valence-corrected chi connectivity index (χ0v) is 9.89. The second kappa shape index (κ2) is 4.74. The lowest BCUT2D eigenvalue weighted by Gasteiger charge is -2.21. The Morgan fingerprint density at radius 2 is 2.13 bits per heavy atom. The molecule has 15 heavy (non-hydrogen) atoms. The van der Waals surface area contributed by atoms with Crippen LogP contribution in [0.2, 0.25) is 5.02 Å². The maximum Gasteiger partial charge on any atom is 0.289 e. The predicted molar refractivity (Wildman–Crippen MR) is 58.1 cm³/mol. The fourth-order valence-corrected chi connectivity index (χ4v) is 1.56. The highest BCUT2D eigenvalue weighted by Gasteiger charge is 2.37. The second-order valence-electron chi connectivity index (χ2n) is 3.07. The smallest absolute Gasteiger partial charge is 0.289 e. The van der Waals surface area contributed by atoms with Crippen molar-refractivity contribution in [3.63, 3.8) is 0 Å². The molecule has 2 nitrogen and oxygen atoms in total. The van der Waals surface area contributed by atoms with Gasteiger partial charge in [0.1, 0.15) is 6.61 Å². The van der Waals surface area contributed by atoms with Crippen LogP contribution in [0, 0.1) is 0 Å². The van der Waals surface area contributed by atoms with Crippen molar-refractivity contribution in [2.24, 2.45) is 5.73 Å². The summed E-state index contributed by atoms with van der Waals surface area (Å²) in [4.78, 5) is 0. The van der Waals surface area contributed by atoms with Gasteiger partial charge in [-0.25, -0.2) is 8.78 Å². The van der Waals surface area contributed by atoms with Gasteiger partial charge in [-0.1, -0.05) is 17.7 Å². The maximum atomic E-state index is 13.0. The summed E-state index contributed by atoms with van der Waals surface area (Å²) < 4.78 is 26.6. The van der Waals surface area contributed by atoms with E-state index < -0.39 is 18.6 Å². The van der Waals surface area contributed by atoms with E-state index in [1.54, 1.807) is 0 Å². The molecule has 0 aromatic heterocycles. The molecule has 1 aromatic carbocycles. The number of nitrogens with two attached hydrogens (primary N) is 1. The fourth-order valence-electron chi connectivity index (χ4n) is 1.05. The van der Waals surface area contributed by atoms with E-state index in [1.807, 2.05) is 0 Å². The number of hydrogen-bond acceptors (Lipinski definition) is 2. The third-order valence-corrected chi connectivity index (χ3v) is 3.18. The van der Waals surface area contributed by atoms with Crippen LogP contribution in [0.1, 0.15) is 11.6 Å². The molecule has 0 unspecified atom stereocenters. The van der Waals surface area contributed by atoms with Gasteiger partial charge >= 0.3 is 0 Å². The normalized spacial score (nSPS) is 14.0. The highest BCUT2D eigenvalue weighted by atomic mass is 79.9. The fraction of sp³-hybridized carbons (Fsp3) is 0.333. The molecule has 0 heterocycles. The minimum atomic E-state index is -3.34. The van der Waals surface area contributed by atoms with Crippen LogP contribution in [0.5, 0.6) is 0 Å². The van der Waals surface area contributed by atoms with Gasteiger partial charge in [-0.05, 0) is 33.6 Å². The van der Waals surface area contributed by atoms with E-state index in [0.717, 1.165) is 0 Å². The topological polar surface area (TPSA) is 46.2 Å². The van der Waals surface area contributed by atoms with Crippen LogP contribution in [-0.2, 0) is 0 Å². The Kier molecular flexibility index (Phi) is 4.06. The molecular weight excluding hydrogens is 291 g/mol. The SMILES string of the molecule is N[C@@H](c1ccc(Cl)c(Br)c1)C(F)(F)CO. The Hall–Kier alpha value is -0.230. The molecule has 0 radical (unpaired) electrons. The summed E-state index contributed by atoms with van der Waals surface area (Å²) >= 11 is 8.82. The summed E-state index contributed by atoms with van der Waals surface area (Å²) in [7, 11) is 0. The highest BCUT2D eigenvalue weighted by molar-refractivity contribution is 9.10. The van der Waals surface area contributed by atoms with Crippen LogP contribution in [0.15, 0.2) is 22.7 Å². The van der Waals surface area contributed by atoms with Crippen molar-refractivity contribution in [1.29, 1.82) is 0 Å². The minimum Gasteiger partial charge on any atom is -0.390 e. The van der Waals surface area contributed by atoms with Crippen LogP contribution in [0.25, 0.3) is 0 Å². The Morgan fingerprint density at radius 3 is 2.60 bits per heavy atom. The number of aliphatic hydroxyl groups is 1. The molecule has 84 valence electrons. The maximum absolute atomic E-state index is 13.0. The number of hydrogen-bond donors (Lipinski definition) is 2. The number of alkyl halides is 2. The van der Waals surface area contributed by atoms with E-state index in [1.165, 1.54) is 18.2 Å². The van der Waals surface area contributed by atoms with E-state index in [9.17, 15) is 8.78 Å². The van der Waals surface area contributed by atoms with E-state index >= 15 is 0 Å². The summed E-state index contributed by atoms with van der Waals surface area (Å²) in [5.74, 6) is -3.34. The van der Waals surface area contributed by atoms with Gasteiger partial charge < -0.3 is 10.8 Å². The first-order chi connectivity index (χ1) is 6.88. The van der Waals surface area contributed by atoms with Gasteiger partial charge in [-0.3, -0.25) is 0 Å². The third-order valence-electron chi connectivity index (χ3n) is 1.97. The molecule has 1 atom stereocenters. The molecule has 0 aliphatic heterocycles. The monoisotopic (exact) mass is 299 g/mol. The van der Waals surface area contributed by atoms with Crippen molar-refractivity contribution in [2.45, 2.75) is 12.0 Å². The zero-order valence-electron chi connectivity index (χ0n) is 7.55. The van der Waals surface area contributed by atoms with Gasteiger partial charge in [0.05, 0.1) is 11.1 Å². The van der Waals surface area contributed by atoms with Crippen molar-refractivity contribution in [3.05, 3.63) is 33.3 Å². The van der Waals surface area contributed by atoms with Gasteiger partial charge in [0.2, 0.25) is 0 Å². The summed E-state index contributed by atoms with van der Waals surface area (Å²) in [5, 5.41) is 8.90. The Morgan fingerprint density at radius 1 is 1.53 bits per heavy atom.